The fourth-order valence-corrected chi connectivity index (χ4v) is 8.52. The van der Waals surface area contributed by atoms with E-state index in [1.54, 1.807) is 23.0 Å². The molecule has 1 saturated carbocycles. The van der Waals surface area contributed by atoms with Crippen molar-refractivity contribution in [2.45, 2.75) is 107 Å². The highest BCUT2D eigenvalue weighted by molar-refractivity contribution is 7.89. The van der Waals surface area contributed by atoms with E-state index in [1.807, 2.05) is 19.1 Å². The third-order valence-corrected chi connectivity index (χ3v) is 11.2. The molecule has 0 amide bonds. The Morgan fingerprint density at radius 3 is 2.40 bits per heavy atom. The van der Waals surface area contributed by atoms with Crippen LogP contribution in [-0.4, -0.2) is 44.8 Å². The molecule has 40 heavy (non-hydrogen) atoms. The first kappa shape index (κ1) is 28.7. The van der Waals surface area contributed by atoms with Crippen LogP contribution >= 0.6 is 0 Å². The third kappa shape index (κ3) is 7.10. The molecule has 0 radical (unpaired) electrons. The van der Waals surface area contributed by atoms with Gasteiger partial charge in [0, 0.05) is 35.9 Å². The zero-order valence-electron chi connectivity index (χ0n) is 23.5. The van der Waals surface area contributed by atoms with Crippen molar-refractivity contribution in [1.82, 2.24) is 19.1 Å². The van der Waals surface area contributed by atoms with Crippen molar-refractivity contribution in [2.75, 3.05) is 5.32 Å². The van der Waals surface area contributed by atoms with Gasteiger partial charge in [0.15, 0.2) is 0 Å². The molecule has 3 aromatic rings. The monoisotopic (exact) mass is 567 g/mol. The van der Waals surface area contributed by atoms with Crippen LogP contribution in [0.4, 0.5) is 10.1 Å². The summed E-state index contributed by atoms with van der Waals surface area (Å²) in [5.41, 5.74) is 2.50. The van der Waals surface area contributed by atoms with Gasteiger partial charge in [-0.15, -0.1) is 10.2 Å². The van der Waals surface area contributed by atoms with Crippen LogP contribution in [0.15, 0.2) is 61.2 Å². The van der Waals surface area contributed by atoms with E-state index in [4.69, 9.17) is 0 Å². The van der Waals surface area contributed by atoms with Gasteiger partial charge in [-0.25, -0.2) is 12.8 Å². The van der Waals surface area contributed by atoms with Crippen molar-refractivity contribution in [1.29, 1.82) is 0 Å². The lowest BCUT2D eigenvalue weighted by Gasteiger charge is -2.37. The fraction of sp³-hybridized carbons (Fsp3) is 0.548. The maximum absolute atomic E-state index is 15.2. The maximum atomic E-state index is 15.2. The molecule has 1 N–H and O–H groups in total. The highest BCUT2D eigenvalue weighted by Gasteiger charge is 2.39. The Morgan fingerprint density at radius 2 is 1.68 bits per heavy atom. The van der Waals surface area contributed by atoms with Crippen LogP contribution in [0.5, 0.6) is 0 Å². The van der Waals surface area contributed by atoms with Crippen LogP contribution in [-0.2, 0) is 23.0 Å². The normalized spacial score (nSPS) is 25.1. The number of hydrogen-bond donors (Lipinski definition) is 1. The summed E-state index contributed by atoms with van der Waals surface area (Å²) < 4.78 is 45.9. The summed E-state index contributed by atoms with van der Waals surface area (Å²) in [5.74, 6) is -0.353. The lowest BCUT2D eigenvalue weighted by Crippen LogP contribution is -2.48. The molecule has 216 valence electrons. The molecule has 1 aliphatic carbocycles. The fourth-order valence-electron chi connectivity index (χ4n) is 6.31. The Morgan fingerprint density at radius 1 is 0.925 bits per heavy atom. The summed E-state index contributed by atoms with van der Waals surface area (Å²) in [6.45, 7) is 2.03. The van der Waals surface area contributed by atoms with Crippen LogP contribution < -0.4 is 5.32 Å². The largest absolute Gasteiger partial charge is 0.382 e. The van der Waals surface area contributed by atoms with Gasteiger partial charge >= 0.3 is 0 Å². The van der Waals surface area contributed by atoms with Crippen LogP contribution in [0.25, 0.3) is 0 Å². The van der Waals surface area contributed by atoms with Gasteiger partial charge in [0.25, 0.3) is 0 Å². The Labute approximate surface area is 238 Å². The number of aromatic nitrogens is 3. The molecular formula is C31H42FN5O2S. The van der Waals surface area contributed by atoms with Crippen molar-refractivity contribution >= 4 is 15.7 Å². The zero-order valence-corrected chi connectivity index (χ0v) is 24.3. The number of halogens is 1. The van der Waals surface area contributed by atoms with Crippen LogP contribution in [0, 0.1) is 5.82 Å². The van der Waals surface area contributed by atoms with Gasteiger partial charge in [0.05, 0.1) is 5.25 Å². The molecule has 5 rings (SSSR count). The second kappa shape index (κ2) is 13.3. The van der Waals surface area contributed by atoms with E-state index >= 15 is 4.39 Å². The molecule has 2 aromatic carbocycles. The standard InChI is InChI=1S/C31H42FN5O2S/c1-24-12-19-30(11-7-3-6-10-25-8-4-2-5-9-25)40(38,39)37(24)21-26-13-14-28(20-31(26)32)35-27-15-17-29(18-16-27)36-22-33-34-23-36/h2,4-5,8-9,13-14,20,22-24,27,29-30,35H,3,6-7,10-12,15-19,21H2,1H3. The number of unbranched alkanes of at least 4 members (excludes halogenated alkanes) is 2. The molecule has 2 fully saturated rings. The first-order valence-corrected chi connectivity index (χ1v) is 16.3. The number of hydrogen-bond acceptors (Lipinski definition) is 5. The summed E-state index contributed by atoms with van der Waals surface area (Å²) in [6.07, 6.45) is 13.7. The molecule has 1 aliphatic heterocycles. The Hall–Kier alpha value is -2.78. The average Bonchev–Trinajstić information content (AvgIpc) is 3.49. The lowest BCUT2D eigenvalue weighted by molar-refractivity contribution is 0.275. The molecule has 7 nitrogen and oxygen atoms in total. The van der Waals surface area contributed by atoms with Gasteiger partial charge in [-0.3, -0.25) is 0 Å². The SMILES string of the molecule is CC1CCC(CCCCCc2ccccc2)S(=O)(=O)N1Cc1ccc(NC2CCC(n3cnnc3)CC2)cc1F. The summed E-state index contributed by atoms with van der Waals surface area (Å²) in [5, 5.41) is 10.9. The summed E-state index contributed by atoms with van der Waals surface area (Å²) in [7, 11) is -3.48. The highest BCUT2D eigenvalue weighted by Crippen LogP contribution is 2.33. The second-order valence-corrected chi connectivity index (χ2v) is 13.8. The van der Waals surface area contributed by atoms with Crippen LogP contribution in [0.2, 0.25) is 0 Å². The summed E-state index contributed by atoms with van der Waals surface area (Å²) >= 11 is 0. The highest BCUT2D eigenvalue weighted by atomic mass is 32.2. The van der Waals surface area contributed by atoms with E-state index in [2.05, 4.69) is 44.3 Å². The molecule has 0 bridgehead atoms. The van der Waals surface area contributed by atoms with E-state index in [0.717, 1.165) is 63.5 Å². The van der Waals surface area contributed by atoms with Gasteiger partial charge < -0.3 is 9.88 Å². The van der Waals surface area contributed by atoms with Crippen molar-refractivity contribution in [3.05, 3.63) is 78.1 Å². The predicted octanol–water partition coefficient (Wildman–Crippen LogP) is 6.50. The van der Waals surface area contributed by atoms with Crippen molar-refractivity contribution in [3.8, 4) is 0 Å². The smallest absolute Gasteiger partial charge is 0.217 e. The van der Waals surface area contributed by atoms with Crippen molar-refractivity contribution in [3.63, 3.8) is 0 Å². The van der Waals surface area contributed by atoms with Crippen molar-refractivity contribution < 1.29 is 12.8 Å². The predicted molar refractivity (Wildman–Crippen MR) is 157 cm³/mol. The van der Waals surface area contributed by atoms with Crippen LogP contribution in [0.3, 0.4) is 0 Å². The van der Waals surface area contributed by atoms with Crippen LogP contribution in [0.1, 0.15) is 88.3 Å². The minimum absolute atomic E-state index is 0.0875. The topological polar surface area (TPSA) is 80.1 Å². The van der Waals surface area contributed by atoms with Gasteiger partial charge in [-0.05, 0) is 82.4 Å². The molecule has 9 heteroatoms. The third-order valence-electron chi connectivity index (χ3n) is 8.79. The molecular weight excluding hydrogens is 525 g/mol. The minimum Gasteiger partial charge on any atom is -0.382 e. The molecule has 2 atom stereocenters. The Balaban J connectivity index is 1.12. The number of aryl methyl sites for hydroxylation is 1. The molecule has 2 unspecified atom stereocenters. The number of rotatable bonds is 11. The number of anilines is 1. The van der Waals surface area contributed by atoms with Gasteiger partial charge in [-0.2, -0.15) is 4.31 Å². The molecule has 1 aromatic heterocycles. The lowest BCUT2D eigenvalue weighted by atomic mass is 9.91. The molecule has 0 spiro atoms. The average molecular weight is 568 g/mol. The van der Waals surface area contributed by atoms with Gasteiger partial charge in [0.2, 0.25) is 10.0 Å². The first-order valence-electron chi connectivity index (χ1n) is 14.8. The van der Waals surface area contributed by atoms with E-state index < -0.39 is 10.0 Å². The van der Waals surface area contributed by atoms with Gasteiger partial charge in [-0.1, -0.05) is 49.2 Å². The molecule has 1 saturated heterocycles. The molecule has 2 aliphatic rings. The number of benzene rings is 2. The van der Waals surface area contributed by atoms with E-state index in [9.17, 15) is 8.42 Å². The molecule has 2 heterocycles. The Kier molecular flexibility index (Phi) is 9.52. The Bertz CT molecular complexity index is 1310. The van der Waals surface area contributed by atoms with Gasteiger partial charge in [0.1, 0.15) is 18.5 Å². The van der Waals surface area contributed by atoms with E-state index in [0.29, 0.717) is 24.4 Å². The number of nitrogens with zero attached hydrogens (tertiary/aromatic N) is 4. The van der Waals surface area contributed by atoms with Crippen molar-refractivity contribution in [2.24, 2.45) is 0 Å². The number of sulfonamides is 1. The minimum atomic E-state index is -3.48. The quantitative estimate of drug-likeness (QED) is 0.268. The van der Waals surface area contributed by atoms with E-state index in [1.165, 1.54) is 11.6 Å². The summed E-state index contributed by atoms with van der Waals surface area (Å²) in [6, 6.07) is 16.1. The second-order valence-electron chi connectivity index (χ2n) is 11.6. The first-order chi connectivity index (χ1) is 19.4. The maximum Gasteiger partial charge on any atom is 0.217 e. The zero-order chi connectivity index (χ0) is 28.0. The van der Waals surface area contributed by atoms with E-state index in [-0.39, 0.29) is 29.7 Å². The number of nitrogens with one attached hydrogen (secondary N) is 1. The summed E-state index contributed by atoms with van der Waals surface area (Å²) in [4.78, 5) is 0.